The Balaban J connectivity index is 1.63. The molecule has 1 aliphatic rings. The van der Waals surface area contributed by atoms with Crippen molar-refractivity contribution in [3.8, 4) is 0 Å². The van der Waals surface area contributed by atoms with Crippen molar-refractivity contribution in [3.05, 3.63) is 64.2 Å². The third-order valence-electron chi connectivity index (χ3n) is 5.38. The molecule has 4 heterocycles. The number of aromatic nitrogens is 4. The summed E-state index contributed by atoms with van der Waals surface area (Å²) >= 11 is 6.23. The van der Waals surface area contributed by atoms with Crippen LogP contribution in [0.5, 0.6) is 0 Å². The van der Waals surface area contributed by atoms with Gasteiger partial charge < -0.3 is 23.8 Å². The minimum absolute atomic E-state index is 0.125. The highest BCUT2D eigenvalue weighted by atomic mass is 35.5. The number of carbonyl (C=O) groups is 1. The number of H-pyrrole nitrogens is 1. The molecular weight excluding hydrogens is 460 g/mol. The number of oxazole rings is 2. The molecule has 172 valence electrons. The number of rotatable bonds is 4. The number of fused-ring (bicyclic) bond motifs is 2. The molecule has 0 saturated carbocycles. The van der Waals surface area contributed by atoms with E-state index in [0.29, 0.717) is 28.2 Å². The maximum Gasteiger partial charge on any atom is 0.292 e. The number of nitrogens with one attached hydrogen (secondary N) is 1. The van der Waals surface area contributed by atoms with E-state index in [9.17, 15) is 18.7 Å². The lowest BCUT2D eigenvalue weighted by Gasteiger charge is -2.32. The molecule has 12 heteroatoms. The van der Waals surface area contributed by atoms with Crippen LogP contribution in [0.2, 0.25) is 5.02 Å². The summed E-state index contributed by atoms with van der Waals surface area (Å²) in [4.78, 5) is 30.3. The monoisotopic (exact) mass is 477 g/mol. The van der Waals surface area contributed by atoms with Crippen LogP contribution in [0.4, 0.5) is 8.78 Å². The summed E-state index contributed by atoms with van der Waals surface area (Å²) in [6, 6.07) is 4.11. The fraction of sp³-hybridized carbons (Fsp3) is 0.333. The van der Waals surface area contributed by atoms with Crippen LogP contribution >= 0.6 is 11.6 Å². The predicted octanol–water partition coefficient (Wildman–Crippen LogP) is 4.15. The standard InChI is InChI=1S/C21H18ClF2N5O4/c1-21(2,31)20-28-14(17(23)24)16(33-20)19(30)29-7-6-10-13(26-8-25-10)15(29)18-27-12-9(22)4-3-5-11(12)32-18/h3-5,8,15,17,31H,6-7H2,1-2H3,(H,25,26)/t15-/m0/s1. The number of aliphatic hydroxyl groups is 1. The molecule has 33 heavy (non-hydrogen) atoms. The second-order valence-corrected chi connectivity index (χ2v) is 8.56. The zero-order valence-corrected chi connectivity index (χ0v) is 18.2. The van der Waals surface area contributed by atoms with E-state index in [4.69, 9.17) is 20.4 Å². The number of aromatic amines is 1. The van der Waals surface area contributed by atoms with Gasteiger partial charge in [0.1, 0.15) is 11.1 Å². The largest absolute Gasteiger partial charge is 0.438 e. The lowest BCUT2D eigenvalue weighted by molar-refractivity contribution is 0.0436. The van der Waals surface area contributed by atoms with Crippen LogP contribution in [0.1, 0.15) is 65.7 Å². The Morgan fingerprint density at radius 3 is 2.82 bits per heavy atom. The number of hydrogen-bond donors (Lipinski definition) is 2. The molecule has 0 saturated heterocycles. The SMILES string of the molecule is CC(C)(O)c1nc(C(F)F)c(C(=O)N2CCc3[nH]cnc3[C@H]2c2nc3c(Cl)cccc3o2)o1. The molecule has 1 atom stereocenters. The molecule has 0 bridgehead atoms. The summed E-state index contributed by atoms with van der Waals surface area (Å²) in [5, 5.41) is 10.5. The van der Waals surface area contributed by atoms with E-state index in [1.807, 2.05) is 0 Å². The molecule has 2 N–H and O–H groups in total. The first kappa shape index (κ1) is 21.5. The Morgan fingerprint density at radius 1 is 1.33 bits per heavy atom. The first-order valence-corrected chi connectivity index (χ1v) is 10.4. The molecule has 9 nitrogen and oxygen atoms in total. The number of imidazole rings is 1. The number of amides is 1. The summed E-state index contributed by atoms with van der Waals surface area (Å²) in [6.07, 6.45) is -1.21. The van der Waals surface area contributed by atoms with E-state index in [2.05, 4.69) is 19.9 Å². The zero-order chi connectivity index (χ0) is 23.5. The summed E-state index contributed by atoms with van der Waals surface area (Å²) in [7, 11) is 0. The maximum absolute atomic E-state index is 13.7. The molecular formula is C21H18ClF2N5O4. The van der Waals surface area contributed by atoms with Crippen molar-refractivity contribution < 1.29 is 27.5 Å². The van der Waals surface area contributed by atoms with E-state index >= 15 is 0 Å². The Hall–Kier alpha value is -3.31. The fourth-order valence-corrected chi connectivity index (χ4v) is 4.03. The molecule has 1 aromatic carbocycles. The first-order valence-electron chi connectivity index (χ1n) is 10.0. The van der Waals surface area contributed by atoms with Crippen molar-refractivity contribution in [2.45, 2.75) is 38.3 Å². The Morgan fingerprint density at radius 2 is 2.12 bits per heavy atom. The van der Waals surface area contributed by atoms with Gasteiger partial charge >= 0.3 is 0 Å². The summed E-state index contributed by atoms with van der Waals surface area (Å²) in [6.45, 7) is 2.79. The van der Waals surface area contributed by atoms with Gasteiger partial charge in [0.2, 0.25) is 17.5 Å². The van der Waals surface area contributed by atoms with Crippen LogP contribution in [0.3, 0.4) is 0 Å². The number of alkyl halides is 2. The van der Waals surface area contributed by atoms with Gasteiger partial charge in [-0.15, -0.1) is 0 Å². The van der Waals surface area contributed by atoms with E-state index < -0.39 is 35.4 Å². The van der Waals surface area contributed by atoms with Crippen molar-refractivity contribution >= 4 is 28.6 Å². The van der Waals surface area contributed by atoms with Gasteiger partial charge in [-0.1, -0.05) is 17.7 Å². The van der Waals surface area contributed by atoms with Crippen LogP contribution in [-0.2, 0) is 12.0 Å². The lowest BCUT2D eigenvalue weighted by atomic mass is 10.0. The van der Waals surface area contributed by atoms with Crippen molar-refractivity contribution in [1.29, 1.82) is 0 Å². The number of para-hydroxylation sites is 1. The maximum atomic E-state index is 13.7. The fourth-order valence-electron chi connectivity index (χ4n) is 3.82. The second kappa shape index (κ2) is 7.63. The Labute approximate surface area is 190 Å². The van der Waals surface area contributed by atoms with Gasteiger partial charge in [0.25, 0.3) is 12.3 Å². The highest BCUT2D eigenvalue weighted by Gasteiger charge is 2.41. The molecule has 3 aromatic heterocycles. The molecule has 0 fully saturated rings. The minimum atomic E-state index is -3.09. The van der Waals surface area contributed by atoms with Crippen molar-refractivity contribution in [1.82, 2.24) is 24.8 Å². The van der Waals surface area contributed by atoms with Gasteiger partial charge in [-0.25, -0.2) is 23.7 Å². The van der Waals surface area contributed by atoms with Crippen molar-refractivity contribution in [2.75, 3.05) is 6.54 Å². The minimum Gasteiger partial charge on any atom is -0.438 e. The second-order valence-electron chi connectivity index (χ2n) is 8.15. The summed E-state index contributed by atoms with van der Waals surface area (Å²) in [5.74, 6) is -1.76. The average molecular weight is 478 g/mol. The molecule has 4 aromatic rings. The van der Waals surface area contributed by atoms with Crippen LogP contribution in [0.25, 0.3) is 11.1 Å². The third-order valence-corrected chi connectivity index (χ3v) is 5.69. The van der Waals surface area contributed by atoms with E-state index in [-0.39, 0.29) is 18.3 Å². The highest BCUT2D eigenvalue weighted by molar-refractivity contribution is 6.34. The summed E-state index contributed by atoms with van der Waals surface area (Å²) in [5.41, 5.74) is -0.453. The number of benzene rings is 1. The molecule has 0 aliphatic carbocycles. The quantitative estimate of drug-likeness (QED) is 0.453. The summed E-state index contributed by atoms with van der Waals surface area (Å²) < 4.78 is 38.7. The van der Waals surface area contributed by atoms with Gasteiger partial charge in [0.15, 0.2) is 17.3 Å². The predicted molar refractivity (Wildman–Crippen MR) is 111 cm³/mol. The number of halogens is 3. The van der Waals surface area contributed by atoms with E-state index in [0.717, 1.165) is 5.69 Å². The number of nitrogens with zero attached hydrogens (tertiary/aromatic N) is 4. The molecule has 5 rings (SSSR count). The molecule has 1 aliphatic heterocycles. The Bertz CT molecular complexity index is 1360. The van der Waals surface area contributed by atoms with Gasteiger partial charge in [0.05, 0.1) is 17.0 Å². The van der Waals surface area contributed by atoms with Gasteiger partial charge in [-0.05, 0) is 26.0 Å². The normalized spacial score (nSPS) is 16.6. The highest BCUT2D eigenvalue weighted by Crippen LogP contribution is 2.38. The lowest BCUT2D eigenvalue weighted by Crippen LogP contribution is -2.41. The van der Waals surface area contributed by atoms with Crippen LogP contribution < -0.4 is 0 Å². The molecule has 0 spiro atoms. The third kappa shape index (κ3) is 3.57. The number of carbonyl (C=O) groups excluding carboxylic acids is 1. The molecule has 0 radical (unpaired) electrons. The Kier molecular flexibility index (Phi) is 4.98. The van der Waals surface area contributed by atoms with Crippen LogP contribution in [0, 0.1) is 0 Å². The van der Waals surface area contributed by atoms with E-state index in [1.165, 1.54) is 25.1 Å². The van der Waals surface area contributed by atoms with Crippen molar-refractivity contribution in [2.24, 2.45) is 0 Å². The van der Waals surface area contributed by atoms with Crippen LogP contribution in [0.15, 0.2) is 33.4 Å². The zero-order valence-electron chi connectivity index (χ0n) is 17.5. The number of hydrogen-bond acceptors (Lipinski definition) is 7. The van der Waals surface area contributed by atoms with Crippen molar-refractivity contribution in [3.63, 3.8) is 0 Å². The molecule has 1 amide bonds. The molecule has 0 unspecified atom stereocenters. The van der Waals surface area contributed by atoms with Gasteiger partial charge in [-0.2, -0.15) is 0 Å². The average Bonchev–Trinajstić information content (AvgIpc) is 3.49. The van der Waals surface area contributed by atoms with Gasteiger partial charge in [0, 0.05) is 18.7 Å². The van der Waals surface area contributed by atoms with Crippen LogP contribution in [-0.4, -0.2) is 42.4 Å². The smallest absolute Gasteiger partial charge is 0.292 e. The first-order chi connectivity index (χ1) is 15.6. The van der Waals surface area contributed by atoms with Gasteiger partial charge in [-0.3, -0.25) is 4.79 Å². The van der Waals surface area contributed by atoms with E-state index in [1.54, 1.807) is 18.2 Å². The topological polar surface area (TPSA) is 121 Å².